The van der Waals surface area contributed by atoms with Crippen molar-refractivity contribution < 1.29 is 9.47 Å². The number of methoxy groups -OCH3 is 2. The number of ether oxygens (including phenoxy) is 2. The summed E-state index contributed by atoms with van der Waals surface area (Å²) in [6, 6.07) is 9.69. The summed E-state index contributed by atoms with van der Waals surface area (Å²) in [6.45, 7) is 14.4. The minimum absolute atomic E-state index is 0.434. The summed E-state index contributed by atoms with van der Waals surface area (Å²) < 4.78 is 13.1. The fourth-order valence-electron chi connectivity index (χ4n) is 12.8. The first kappa shape index (κ1) is 31.7. The van der Waals surface area contributed by atoms with E-state index in [0.717, 1.165) is 64.4 Å². The highest BCUT2D eigenvalue weighted by Gasteiger charge is 2.58. The summed E-state index contributed by atoms with van der Waals surface area (Å²) in [7, 11) is 3.45. The summed E-state index contributed by atoms with van der Waals surface area (Å²) in [5.74, 6) is 11.3. The third kappa shape index (κ3) is 5.12. The fourth-order valence-corrected chi connectivity index (χ4v) is 17.5. The average molecular weight is 641 g/mol. The maximum atomic E-state index is 6.60. The molecule has 2 aromatic carbocycles. The van der Waals surface area contributed by atoms with Crippen LogP contribution in [0, 0.1) is 47.3 Å². The van der Waals surface area contributed by atoms with Gasteiger partial charge < -0.3 is 9.47 Å². The van der Waals surface area contributed by atoms with E-state index in [9.17, 15) is 0 Å². The van der Waals surface area contributed by atoms with Crippen LogP contribution in [0.3, 0.4) is 0 Å². The zero-order valence-corrected chi connectivity index (χ0v) is 31.0. The lowest BCUT2D eigenvalue weighted by Gasteiger charge is -2.62. The molecule has 0 saturated heterocycles. The molecule has 0 amide bonds. The Morgan fingerprint density at radius 2 is 0.913 bits per heavy atom. The molecule has 8 aliphatic carbocycles. The SMILES string of the molecule is COc1ccc(OC)c(P(C2C3CC4CC(C3)CC2C4)C2C3CC4CC(C3)CC2C4)c1-c1c(C(C)C)cc(C(C)C)cc1C(C)C. The summed E-state index contributed by atoms with van der Waals surface area (Å²) in [4.78, 5) is 0. The fraction of sp³-hybridized carbons (Fsp3) is 0.721. The first-order valence-corrected chi connectivity index (χ1v) is 20.8. The molecule has 8 fully saturated rings. The highest BCUT2D eigenvalue weighted by molar-refractivity contribution is 7.67. The molecule has 0 heterocycles. The van der Waals surface area contributed by atoms with Crippen molar-refractivity contribution in [1.82, 2.24) is 0 Å². The van der Waals surface area contributed by atoms with Crippen molar-refractivity contribution >= 4 is 13.2 Å². The predicted molar refractivity (Wildman–Crippen MR) is 195 cm³/mol. The van der Waals surface area contributed by atoms with Crippen molar-refractivity contribution in [2.45, 2.75) is 135 Å². The molecule has 46 heavy (non-hydrogen) atoms. The van der Waals surface area contributed by atoms with Gasteiger partial charge in [0.1, 0.15) is 11.5 Å². The number of hydrogen-bond donors (Lipinski definition) is 0. The minimum Gasteiger partial charge on any atom is -0.496 e. The van der Waals surface area contributed by atoms with Crippen molar-refractivity contribution in [3.05, 3.63) is 41.0 Å². The van der Waals surface area contributed by atoms with Crippen molar-refractivity contribution in [2.75, 3.05) is 14.2 Å². The van der Waals surface area contributed by atoms with E-state index in [1.165, 1.54) is 97.8 Å². The Morgan fingerprint density at radius 1 is 0.522 bits per heavy atom. The third-order valence-electron chi connectivity index (χ3n) is 14.2. The van der Waals surface area contributed by atoms with Gasteiger partial charge >= 0.3 is 0 Å². The van der Waals surface area contributed by atoms with Gasteiger partial charge in [0, 0.05) is 10.9 Å². The predicted octanol–water partition coefficient (Wildman–Crippen LogP) is 11.5. The van der Waals surface area contributed by atoms with Crippen LogP contribution in [0.5, 0.6) is 11.5 Å². The van der Waals surface area contributed by atoms with E-state index in [2.05, 4.69) is 65.8 Å². The van der Waals surface area contributed by atoms with Crippen molar-refractivity contribution in [3.63, 3.8) is 0 Å². The van der Waals surface area contributed by atoms with E-state index in [1.807, 2.05) is 14.2 Å². The Hall–Kier alpha value is -1.53. The van der Waals surface area contributed by atoms with Gasteiger partial charge in [0.2, 0.25) is 0 Å². The lowest BCUT2D eigenvalue weighted by atomic mass is 9.55. The summed E-state index contributed by atoms with van der Waals surface area (Å²) in [5.41, 5.74) is 9.11. The molecule has 0 N–H and O–H groups in total. The lowest BCUT2D eigenvalue weighted by Crippen LogP contribution is -2.54. The van der Waals surface area contributed by atoms with Crippen LogP contribution in [0.1, 0.15) is 140 Å². The van der Waals surface area contributed by atoms with Gasteiger partial charge in [-0.25, -0.2) is 0 Å². The zero-order valence-electron chi connectivity index (χ0n) is 30.1. The highest BCUT2D eigenvalue weighted by Crippen LogP contribution is 2.72. The maximum absolute atomic E-state index is 6.60. The molecule has 0 aliphatic heterocycles. The van der Waals surface area contributed by atoms with Gasteiger partial charge in [-0.15, -0.1) is 0 Å². The highest BCUT2D eigenvalue weighted by atomic mass is 31.1. The first-order chi connectivity index (χ1) is 22.1. The minimum atomic E-state index is -0.437. The van der Waals surface area contributed by atoms with Gasteiger partial charge in [0.15, 0.2) is 0 Å². The summed E-state index contributed by atoms with van der Waals surface area (Å²) in [5, 5.41) is 1.62. The normalized spacial score (nSPS) is 36.3. The molecule has 8 aliphatic rings. The van der Waals surface area contributed by atoms with Gasteiger partial charge in [-0.1, -0.05) is 61.6 Å². The molecule has 2 nitrogen and oxygen atoms in total. The molecule has 0 radical (unpaired) electrons. The van der Waals surface area contributed by atoms with Crippen molar-refractivity contribution in [2.24, 2.45) is 47.3 Å². The number of benzene rings is 2. The van der Waals surface area contributed by atoms with Crippen molar-refractivity contribution in [3.8, 4) is 22.6 Å². The van der Waals surface area contributed by atoms with Gasteiger partial charge in [0.25, 0.3) is 0 Å². The first-order valence-electron chi connectivity index (χ1n) is 19.4. The summed E-state index contributed by atoms with van der Waals surface area (Å²) >= 11 is 0. The molecule has 0 aromatic heterocycles. The van der Waals surface area contributed by atoms with Crippen LogP contribution in [0.4, 0.5) is 0 Å². The smallest absolute Gasteiger partial charge is 0.127 e. The largest absolute Gasteiger partial charge is 0.496 e. The molecule has 0 spiro atoms. The Morgan fingerprint density at radius 3 is 1.26 bits per heavy atom. The van der Waals surface area contributed by atoms with Crippen LogP contribution in [-0.4, -0.2) is 25.5 Å². The van der Waals surface area contributed by atoms with Gasteiger partial charge in [-0.05, 0) is 175 Å². The standard InChI is InChI=1S/C43H61O2P/c1-23(2)30-21-35(24(3)4)39(36(22-30)25(5)6)40-37(44-7)9-10-38(45-8)43(40)46(41-31-13-26-11-27(15-31)16-32(41)14-26)42-33-17-28-12-29(19-33)20-34(42)18-28/h9-10,21-29,31-34,41-42H,11-20H2,1-8H3. The van der Waals surface area contributed by atoms with E-state index < -0.39 is 7.92 Å². The average Bonchev–Trinajstić information content (AvgIpc) is 3.01. The Labute approximate surface area is 281 Å². The quantitative estimate of drug-likeness (QED) is 0.254. The van der Waals surface area contributed by atoms with Crippen LogP contribution in [0.25, 0.3) is 11.1 Å². The van der Waals surface area contributed by atoms with E-state index in [1.54, 1.807) is 5.30 Å². The second-order valence-electron chi connectivity index (χ2n) is 18.0. The van der Waals surface area contributed by atoms with Crippen molar-refractivity contribution in [1.29, 1.82) is 0 Å². The molecule has 250 valence electrons. The topological polar surface area (TPSA) is 18.5 Å². The lowest BCUT2D eigenvalue weighted by molar-refractivity contribution is 0.0136. The van der Waals surface area contributed by atoms with Gasteiger partial charge in [-0.3, -0.25) is 0 Å². The molecular formula is C43H61O2P. The van der Waals surface area contributed by atoms with Crippen LogP contribution in [0.2, 0.25) is 0 Å². The van der Waals surface area contributed by atoms with Gasteiger partial charge in [-0.2, -0.15) is 0 Å². The van der Waals surface area contributed by atoms with Crippen LogP contribution >= 0.6 is 7.92 Å². The second-order valence-corrected chi connectivity index (χ2v) is 20.4. The van der Waals surface area contributed by atoms with E-state index in [-0.39, 0.29) is 0 Å². The Balaban J connectivity index is 1.41. The maximum Gasteiger partial charge on any atom is 0.127 e. The molecule has 2 aromatic rings. The monoisotopic (exact) mass is 640 g/mol. The molecular weight excluding hydrogens is 579 g/mol. The van der Waals surface area contributed by atoms with Crippen LogP contribution < -0.4 is 14.8 Å². The molecule has 8 saturated carbocycles. The van der Waals surface area contributed by atoms with E-state index >= 15 is 0 Å². The molecule has 3 heteroatoms. The van der Waals surface area contributed by atoms with E-state index in [0.29, 0.717) is 17.8 Å². The second kappa shape index (κ2) is 12.1. The van der Waals surface area contributed by atoms with E-state index in [4.69, 9.17) is 9.47 Å². The zero-order chi connectivity index (χ0) is 32.0. The molecule has 0 atom stereocenters. The Kier molecular flexibility index (Phi) is 8.35. The Bertz CT molecular complexity index is 1330. The number of rotatable bonds is 9. The molecule has 0 unspecified atom stereocenters. The van der Waals surface area contributed by atoms with Crippen LogP contribution in [0.15, 0.2) is 24.3 Å². The molecule has 10 rings (SSSR count). The third-order valence-corrected chi connectivity index (χ3v) is 18.1. The van der Waals surface area contributed by atoms with Gasteiger partial charge in [0.05, 0.1) is 14.2 Å². The summed E-state index contributed by atoms with van der Waals surface area (Å²) in [6.07, 6.45) is 15.1. The molecule has 8 bridgehead atoms. The number of hydrogen-bond acceptors (Lipinski definition) is 2. The van der Waals surface area contributed by atoms with Crippen LogP contribution in [-0.2, 0) is 0 Å².